The van der Waals surface area contributed by atoms with Crippen LogP contribution in [0.1, 0.15) is 45.4 Å². The van der Waals surface area contributed by atoms with Crippen LogP contribution in [-0.4, -0.2) is 18.4 Å². The van der Waals surface area contributed by atoms with E-state index in [2.05, 4.69) is 27.6 Å². The fraction of sp³-hybridized carbons (Fsp3) is 0.750. The summed E-state index contributed by atoms with van der Waals surface area (Å²) in [5.74, 6) is -0.222. The number of unbranched alkanes of at least 4 members (excludes halogenated alkanes) is 5. The second-order valence-electron chi connectivity index (χ2n) is 3.56. The van der Waals surface area contributed by atoms with Crippen LogP contribution in [0.5, 0.6) is 0 Å². The van der Waals surface area contributed by atoms with Gasteiger partial charge in [0.15, 0.2) is 0 Å². The SMILES string of the molecule is CCCCCCC/C=C(/CBr)C(=O)OC. The highest BCUT2D eigenvalue weighted by Crippen LogP contribution is 2.09. The summed E-state index contributed by atoms with van der Waals surface area (Å²) in [7, 11) is 1.42. The highest BCUT2D eigenvalue weighted by molar-refractivity contribution is 9.09. The molecule has 0 amide bonds. The van der Waals surface area contributed by atoms with Gasteiger partial charge in [-0.1, -0.05) is 54.6 Å². The van der Waals surface area contributed by atoms with Gasteiger partial charge in [0, 0.05) is 10.9 Å². The fourth-order valence-corrected chi connectivity index (χ4v) is 1.81. The predicted molar refractivity (Wildman–Crippen MR) is 67.3 cm³/mol. The van der Waals surface area contributed by atoms with Crippen molar-refractivity contribution in [3.05, 3.63) is 11.6 Å². The molecule has 0 heterocycles. The molecular weight excluding hydrogens is 256 g/mol. The van der Waals surface area contributed by atoms with Gasteiger partial charge in [0.2, 0.25) is 0 Å². The van der Waals surface area contributed by atoms with E-state index in [1.54, 1.807) is 0 Å². The topological polar surface area (TPSA) is 26.3 Å². The van der Waals surface area contributed by atoms with Gasteiger partial charge in [-0.25, -0.2) is 4.79 Å². The molecule has 0 aromatic carbocycles. The second-order valence-corrected chi connectivity index (χ2v) is 4.12. The summed E-state index contributed by atoms with van der Waals surface area (Å²) in [5, 5.41) is 0.578. The van der Waals surface area contributed by atoms with Crippen LogP contribution in [0.4, 0.5) is 0 Å². The molecule has 0 aliphatic rings. The van der Waals surface area contributed by atoms with Crippen LogP contribution in [0.2, 0.25) is 0 Å². The zero-order valence-electron chi connectivity index (χ0n) is 9.72. The molecular formula is C12H21BrO2. The minimum atomic E-state index is -0.222. The number of methoxy groups -OCH3 is 1. The third-order valence-electron chi connectivity index (χ3n) is 2.29. The van der Waals surface area contributed by atoms with Crippen molar-refractivity contribution in [1.29, 1.82) is 0 Å². The summed E-state index contributed by atoms with van der Waals surface area (Å²) in [6.07, 6.45) is 9.24. The first kappa shape index (κ1) is 14.7. The van der Waals surface area contributed by atoms with Crippen molar-refractivity contribution in [3.8, 4) is 0 Å². The van der Waals surface area contributed by atoms with Gasteiger partial charge in [0.25, 0.3) is 0 Å². The van der Waals surface area contributed by atoms with Crippen LogP contribution in [0.25, 0.3) is 0 Å². The average molecular weight is 277 g/mol. The van der Waals surface area contributed by atoms with E-state index in [1.165, 1.54) is 32.8 Å². The van der Waals surface area contributed by atoms with Gasteiger partial charge in [-0.15, -0.1) is 0 Å². The largest absolute Gasteiger partial charge is 0.466 e. The third kappa shape index (κ3) is 7.60. The van der Waals surface area contributed by atoms with Crippen molar-refractivity contribution in [2.24, 2.45) is 0 Å². The summed E-state index contributed by atoms with van der Waals surface area (Å²) in [4.78, 5) is 11.2. The zero-order chi connectivity index (χ0) is 11.5. The minimum Gasteiger partial charge on any atom is -0.466 e. The molecule has 0 rings (SSSR count). The monoisotopic (exact) mass is 276 g/mol. The molecule has 0 aliphatic heterocycles. The lowest BCUT2D eigenvalue weighted by atomic mass is 10.1. The number of allylic oxidation sites excluding steroid dienone is 1. The number of carbonyl (C=O) groups excluding carboxylic acids is 1. The number of rotatable bonds is 8. The summed E-state index contributed by atoms with van der Waals surface area (Å²) in [5.41, 5.74) is 0.730. The number of alkyl halides is 1. The van der Waals surface area contributed by atoms with E-state index >= 15 is 0 Å². The van der Waals surface area contributed by atoms with Crippen molar-refractivity contribution in [3.63, 3.8) is 0 Å². The Hall–Kier alpha value is -0.310. The second kappa shape index (κ2) is 10.2. The van der Waals surface area contributed by atoms with E-state index in [1.807, 2.05) is 6.08 Å². The van der Waals surface area contributed by atoms with E-state index < -0.39 is 0 Å². The molecule has 0 bridgehead atoms. The molecule has 0 spiro atoms. The molecule has 2 nitrogen and oxygen atoms in total. The molecule has 0 unspecified atom stereocenters. The Balaban J connectivity index is 3.67. The predicted octanol–water partition coefficient (Wildman–Crippen LogP) is 3.84. The molecule has 0 saturated heterocycles. The highest BCUT2D eigenvalue weighted by atomic mass is 79.9. The average Bonchev–Trinajstić information content (AvgIpc) is 2.27. The zero-order valence-corrected chi connectivity index (χ0v) is 11.3. The van der Waals surface area contributed by atoms with E-state index in [0.717, 1.165) is 18.4 Å². The van der Waals surface area contributed by atoms with Crippen LogP contribution in [0.3, 0.4) is 0 Å². The van der Waals surface area contributed by atoms with Crippen LogP contribution in [0.15, 0.2) is 11.6 Å². The first-order chi connectivity index (χ1) is 7.26. The molecule has 0 N–H and O–H groups in total. The Bertz CT molecular complexity index is 200. The molecule has 0 aliphatic carbocycles. The Morgan fingerprint density at radius 3 is 2.47 bits per heavy atom. The molecule has 0 radical (unpaired) electrons. The van der Waals surface area contributed by atoms with E-state index in [-0.39, 0.29) is 5.97 Å². The standard InChI is InChI=1S/C12H21BrO2/c1-3-4-5-6-7-8-9-11(10-13)12(14)15-2/h9H,3-8,10H2,1-2H3/b11-9-. The van der Waals surface area contributed by atoms with Crippen LogP contribution in [-0.2, 0) is 9.53 Å². The summed E-state index contributed by atoms with van der Waals surface area (Å²) in [6.45, 7) is 2.21. The van der Waals surface area contributed by atoms with Gasteiger partial charge in [0.05, 0.1) is 7.11 Å². The summed E-state index contributed by atoms with van der Waals surface area (Å²) in [6, 6.07) is 0. The number of hydrogen-bond acceptors (Lipinski definition) is 2. The van der Waals surface area contributed by atoms with Gasteiger partial charge in [0.1, 0.15) is 0 Å². The Morgan fingerprint density at radius 1 is 1.27 bits per heavy atom. The number of halogens is 1. The van der Waals surface area contributed by atoms with Gasteiger partial charge in [-0.3, -0.25) is 0 Å². The van der Waals surface area contributed by atoms with Crippen molar-refractivity contribution in [2.45, 2.75) is 45.4 Å². The number of hydrogen-bond donors (Lipinski definition) is 0. The molecule has 0 fully saturated rings. The normalized spacial score (nSPS) is 11.5. The fourth-order valence-electron chi connectivity index (χ4n) is 1.35. The summed E-state index contributed by atoms with van der Waals surface area (Å²) >= 11 is 3.28. The van der Waals surface area contributed by atoms with Gasteiger partial charge in [-0.05, 0) is 12.8 Å². The van der Waals surface area contributed by atoms with Crippen molar-refractivity contribution >= 4 is 21.9 Å². The number of carbonyl (C=O) groups is 1. The van der Waals surface area contributed by atoms with Gasteiger partial charge in [-0.2, -0.15) is 0 Å². The van der Waals surface area contributed by atoms with Crippen molar-refractivity contribution in [1.82, 2.24) is 0 Å². The first-order valence-corrected chi connectivity index (χ1v) is 6.71. The Labute approximate surface area is 101 Å². The van der Waals surface area contributed by atoms with Crippen LogP contribution >= 0.6 is 15.9 Å². The van der Waals surface area contributed by atoms with E-state index in [9.17, 15) is 4.79 Å². The molecule has 0 aromatic rings. The first-order valence-electron chi connectivity index (χ1n) is 5.59. The lowest BCUT2D eigenvalue weighted by molar-refractivity contribution is -0.135. The minimum absolute atomic E-state index is 0.222. The quantitative estimate of drug-likeness (QED) is 0.291. The lowest BCUT2D eigenvalue weighted by Crippen LogP contribution is -2.05. The van der Waals surface area contributed by atoms with Crippen molar-refractivity contribution in [2.75, 3.05) is 12.4 Å². The molecule has 3 heteroatoms. The Morgan fingerprint density at radius 2 is 1.93 bits per heavy atom. The van der Waals surface area contributed by atoms with E-state index in [0.29, 0.717) is 5.33 Å². The number of ether oxygens (including phenoxy) is 1. The van der Waals surface area contributed by atoms with Crippen LogP contribution < -0.4 is 0 Å². The molecule has 0 aromatic heterocycles. The Kier molecular flexibility index (Phi) is 10.0. The van der Waals surface area contributed by atoms with Crippen LogP contribution in [0, 0.1) is 0 Å². The highest BCUT2D eigenvalue weighted by Gasteiger charge is 2.06. The molecule has 88 valence electrons. The molecule has 15 heavy (non-hydrogen) atoms. The maximum atomic E-state index is 11.2. The third-order valence-corrected chi connectivity index (χ3v) is 2.89. The van der Waals surface area contributed by atoms with Gasteiger partial charge >= 0.3 is 5.97 Å². The maximum absolute atomic E-state index is 11.2. The van der Waals surface area contributed by atoms with E-state index in [4.69, 9.17) is 0 Å². The summed E-state index contributed by atoms with van der Waals surface area (Å²) < 4.78 is 4.66. The molecule has 0 saturated carbocycles. The number of esters is 1. The van der Waals surface area contributed by atoms with Crippen molar-refractivity contribution < 1.29 is 9.53 Å². The van der Waals surface area contributed by atoms with Gasteiger partial charge < -0.3 is 4.74 Å². The lowest BCUT2D eigenvalue weighted by Gasteiger charge is -2.01. The maximum Gasteiger partial charge on any atom is 0.334 e. The smallest absolute Gasteiger partial charge is 0.334 e. The molecule has 0 atom stereocenters.